The molecule has 0 aromatic carbocycles. The molecule has 110 valence electrons. The van der Waals surface area contributed by atoms with E-state index in [0.29, 0.717) is 6.04 Å². The van der Waals surface area contributed by atoms with Gasteiger partial charge in [0.05, 0.1) is 9.83 Å². The van der Waals surface area contributed by atoms with Crippen LogP contribution in [0.5, 0.6) is 0 Å². The van der Waals surface area contributed by atoms with Gasteiger partial charge < -0.3 is 10.8 Å². The third-order valence-corrected chi connectivity index (χ3v) is 5.05. The van der Waals surface area contributed by atoms with E-state index >= 15 is 0 Å². The molecule has 0 bridgehead atoms. The highest BCUT2D eigenvalue weighted by Gasteiger charge is 2.28. The predicted molar refractivity (Wildman–Crippen MR) is 86.6 cm³/mol. The number of thiophene rings is 1. The van der Waals surface area contributed by atoms with Gasteiger partial charge in [0.1, 0.15) is 0 Å². The van der Waals surface area contributed by atoms with Crippen molar-refractivity contribution in [2.75, 3.05) is 13.2 Å². The van der Waals surface area contributed by atoms with E-state index in [2.05, 4.69) is 53.7 Å². The number of rotatable bonds is 8. The van der Waals surface area contributed by atoms with Crippen LogP contribution >= 0.6 is 27.3 Å². The van der Waals surface area contributed by atoms with Crippen LogP contribution < -0.4 is 5.73 Å². The zero-order valence-corrected chi connectivity index (χ0v) is 14.4. The largest absolute Gasteiger partial charge is 0.396 e. The maximum absolute atomic E-state index is 9.09. The molecule has 0 saturated heterocycles. The molecule has 0 fully saturated rings. The van der Waals surface area contributed by atoms with Gasteiger partial charge in [-0.3, -0.25) is 4.90 Å². The minimum absolute atomic E-state index is 0.117. The lowest BCUT2D eigenvalue weighted by molar-refractivity contribution is 0.120. The second kappa shape index (κ2) is 8.37. The first-order valence-electron chi connectivity index (χ1n) is 6.88. The molecule has 0 spiro atoms. The summed E-state index contributed by atoms with van der Waals surface area (Å²) in [5.41, 5.74) is 6.36. The van der Waals surface area contributed by atoms with E-state index in [4.69, 9.17) is 10.8 Å². The molecule has 0 radical (unpaired) electrons. The fourth-order valence-corrected chi connectivity index (χ4v) is 3.92. The zero-order chi connectivity index (χ0) is 14.4. The smallest absolute Gasteiger partial charge is 0.0702 e. The summed E-state index contributed by atoms with van der Waals surface area (Å²) < 4.78 is 1.14. The summed E-state index contributed by atoms with van der Waals surface area (Å²) in [4.78, 5) is 3.70. The van der Waals surface area contributed by atoms with Gasteiger partial charge in [-0.2, -0.15) is 0 Å². The molecular weight excluding hydrogens is 324 g/mol. The van der Waals surface area contributed by atoms with E-state index in [-0.39, 0.29) is 18.7 Å². The number of hydrogen-bond acceptors (Lipinski definition) is 4. The zero-order valence-electron chi connectivity index (χ0n) is 12.0. The molecule has 3 N–H and O–H groups in total. The first kappa shape index (κ1) is 17.1. The maximum Gasteiger partial charge on any atom is 0.0702 e. The van der Waals surface area contributed by atoms with E-state index in [9.17, 15) is 0 Å². The lowest BCUT2D eigenvalue weighted by Gasteiger charge is -2.37. The SMILES string of the molecule is CCC(N)C(c1ccc(Br)s1)N(CCCO)C(C)C. The Morgan fingerprint density at radius 2 is 2.11 bits per heavy atom. The van der Waals surface area contributed by atoms with Crippen LogP contribution in [0, 0.1) is 0 Å². The second-order valence-electron chi connectivity index (χ2n) is 5.07. The van der Waals surface area contributed by atoms with Crippen LogP contribution in [0.4, 0.5) is 0 Å². The number of hydrogen-bond donors (Lipinski definition) is 2. The Hall–Kier alpha value is 0.0600. The van der Waals surface area contributed by atoms with Crippen molar-refractivity contribution in [2.45, 2.75) is 51.7 Å². The van der Waals surface area contributed by atoms with Crippen molar-refractivity contribution in [3.05, 3.63) is 20.8 Å². The molecule has 0 aliphatic heterocycles. The lowest BCUT2D eigenvalue weighted by atomic mass is 10.0. The average molecular weight is 349 g/mol. The normalized spacial score (nSPS) is 15.2. The Balaban J connectivity index is 2.99. The Labute approximate surface area is 128 Å². The highest BCUT2D eigenvalue weighted by atomic mass is 79.9. The van der Waals surface area contributed by atoms with Gasteiger partial charge in [-0.25, -0.2) is 0 Å². The topological polar surface area (TPSA) is 49.5 Å². The second-order valence-corrected chi connectivity index (χ2v) is 7.56. The number of nitrogens with zero attached hydrogens (tertiary/aromatic N) is 1. The molecule has 0 aliphatic rings. The number of nitrogens with two attached hydrogens (primary N) is 1. The quantitative estimate of drug-likeness (QED) is 0.756. The summed E-state index contributed by atoms with van der Waals surface area (Å²) in [5.74, 6) is 0. The third kappa shape index (κ3) is 4.83. The number of halogens is 1. The molecule has 3 nitrogen and oxygen atoms in total. The molecule has 0 saturated carbocycles. The Morgan fingerprint density at radius 3 is 2.53 bits per heavy atom. The average Bonchev–Trinajstić information content (AvgIpc) is 2.79. The van der Waals surface area contributed by atoms with E-state index < -0.39 is 0 Å². The van der Waals surface area contributed by atoms with Crippen LogP contribution in [0.25, 0.3) is 0 Å². The number of aliphatic hydroxyl groups is 1. The fourth-order valence-electron chi connectivity index (χ4n) is 2.30. The van der Waals surface area contributed by atoms with E-state index in [1.807, 2.05) is 0 Å². The molecule has 1 heterocycles. The van der Waals surface area contributed by atoms with Crippen LogP contribution in [0.2, 0.25) is 0 Å². The molecule has 2 unspecified atom stereocenters. The molecule has 1 aromatic heterocycles. The summed E-state index contributed by atoms with van der Waals surface area (Å²) in [6, 6.07) is 5.00. The minimum atomic E-state index is 0.117. The van der Waals surface area contributed by atoms with E-state index in [1.165, 1.54) is 4.88 Å². The van der Waals surface area contributed by atoms with Crippen molar-refractivity contribution in [3.8, 4) is 0 Å². The van der Waals surface area contributed by atoms with Gasteiger partial charge in [-0.1, -0.05) is 6.92 Å². The first-order valence-corrected chi connectivity index (χ1v) is 8.49. The van der Waals surface area contributed by atoms with Crippen molar-refractivity contribution in [1.29, 1.82) is 0 Å². The Morgan fingerprint density at radius 1 is 1.42 bits per heavy atom. The van der Waals surface area contributed by atoms with Crippen LogP contribution in [0.15, 0.2) is 15.9 Å². The van der Waals surface area contributed by atoms with Crippen LogP contribution in [-0.4, -0.2) is 35.2 Å². The monoisotopic (exact) mass is 348 g/mol. The van der Waals surface area contributed by atoms with E-state index in [0.717, 1.165) is 23.2 Å². The van der Waals surface area contributed by atoms with Gasteiger partial charge in [-0.05, 0) is 54.8 Å². The Kier molecular flexibility index (Phi) is 7.54. The van der Waals surface area contributed by atoms with Crippen molar-refractivity contribution >= 4 is 27.3 Å². The predicted octanol–water partition coefficient (Wildman–Crippen LogP) is 3.38. The van der Waals surface area contributed by atoms with Crippen molar-refractivity contribution in [3.63, 3.8) is 0 Å². The van der Waals surface area contributed by atoms with Gasteiger partial charge in [-0.15, -0.1) is 11.3 Å². The van der Waals surface area contributed by atoms with Crippen LogP contribution in [0.1, 0.15) is 44.5 Å². The van der Waals surface area contributed by atoms with Gasteiger partial charge in [0, 0.05) is 30.1 Å². The summed E-state index contributed by atoms with van der Waals surface area (Å²) >= 11 is 5.28. The summed E-state index contributed by atoms with van der Waals surface area (Å²) in [6.07, 6.45) is 1.74. The third-order valence-electron chi connectivity index (χ3n) is 3.36. The fraction of sp³-hybridized carbons (Fsp3) is 0.714. The van der Waals surface area contributed by atoms with E-state index in [1.54, 1.807) is 11.3 Å². The van der Waals surface area contributed by atoms with Gasteiger partial charge >= 0.3 is 0 Å². The van der Waals surface area contributed by atoms with Crippen LogP contribution in [-0.2, 0) is 0 Å². The number of aliphatic hydroxyl groups excluding tert-OH is 1. The molecule has 5 heteroatoms. The van der Waals surface area contributed by atoms with Gasteiger partial charge in [0.15, 0.2) is 0 Å². The van der Waals surface area contributed by atoms with Crippen LogP contribution in [0.3, 0.4) is 0 Å². The van der Waals surface area contributed by atoms with Crippen molar-refractivity contribution in [2.24, 2.45) is 5.73 Å². The minimum Gasteiger partial charge on any atom is -0.396 e. The maximum atomic E-state index is 9.09. The summed E-state index contributed by atoms with van der Waals surface area (Å²) in [6.45, 7) is 7.61. The molecule has 19 heavy (non-hydrogen) atoms. The molecule has 1 rings (SSSR count). The highest BCUT2D eigenvalue weighted by Crippen LogP contribution is 2.34. The molecule has 0 aliphatic carbocycles. The molecule has 0 amide bonds. The first-order chi connectivity index (χ1) is 9.01. The lowest BCUT2D eigenvalue weighted by Crippen LogP contribution is -2.44. The molecular formula is C14H25BrN2OS. The summed E-state index contributed by atoms with van der Waals surface area (Å²) in [7, 11) is 0. The van der Waals surface area contributed by atoms with Gasteiger partial charge in [0.2, 0.25) is 0 Å². The summed E-state index contributed by atoms with van der Waals surface area (Å²) in [5, 5.41) is 9.09. The molecule has 1 aromatic rings. The van der Waals surface area contributed by atoms with Crippen molar-refractivity contribution < 1.29 is 5.11 Å². The Bertz CT molecular complexity index is 370. The van der Waals surface area contributed by atoms with Crippen molar-refractivity contribution in [1.82, 2.24) is 4.90 Å². The van der Waals surface area contributed by atoms with Gasteiger partial charge in [0.25, 0.3) is 0 Å². The molecule has 2 atom stereocenters. The standard InChI is InChI=1S/C14H25BrN2OS/c1-4-11(16)14(12-6-7-13(15)19-12)17(10(2)3)8-5-9-18/h6-7,10-11,14,18H,4-5,8-9,16H2,1-3H3. The highest BCUT2D eigenvalue weighted by molar-refractivity contribution is 9.11.